The van der Waals surface area contributed by atoms with Gasteiger partial charge in [-0.3, -0.25) is 4.90 Å². The van der Waals surface area contributed by atoms with E-state index in [0.29, 0.717) is 19.6 Å². The predicted octanol–water partition coefficient (Wildman–Crippen LogP) is 2.85. The minimum atomic E-state index is -0.446. The first kappa shape index (κ1) is 24.0. The van der Waals surface area contributed by atoms with Crippen molar-refractivity contribution in [1.82, 2.24) is 20.5 Å². The Hall–Kier alpha value is -1.23. The second kappa shape index (κ2) is 11.8. The maximum Gasteiger partial charge on any atom is 0.191 e. The van der Waals surface area contributed by atoms with E-state index in [1.54, 1.807) is 11.3 Å². The zero-order valence-electron chi connectivity index (χ0n) is 17.4. The minimum Gasteiger partial charge on any atom is -0.390 e. The van der Waals surface area contributed by atoms with Crippen molar-refractivity contribution in [3.8, 4) is 0 Å². The molecule has 0 radical (unpaired) electrons. The van der Waals surface area contributed by atoms with Crippen LogP contribution in [-0.4, -0.2) is 53.2 Å². The first-order valence-corrected chi connectivity index (χ1v) is 10.8. The van der Waals surface area contributed by atoms with Crippen molar-refractivity contribution in [3.63, 3.8) is 0 Å². The van der Waals surface area contributed by atoms with Gasteiger partial charge in [-0.25, -0.2) is 9.98 Å². The fraction of sp³-hybridized carbons (Fsp3) is 0.524. The summed E-state index contributed by atoms with van der Waals surface area (Å²) < 4.78 is 0. The maximum absolute atomic E-state index is 10.5. The van der Waals surface area contributed by atoms with E-state index in [4.69, 9.17) is 0 Å². The number of halogens is 1. The second-order valence-corrected chi connectivity index (χ2v) is 8.52. The fourth-order valence-corrected chi connectivity index (χ4v) is 4.24. The summed E-state index contributed by atoms with van der Waals surface area (Å²) >= 11 is 1.69. The smallest absolute Gasteiger partial charge is 0.191 e. The van der Waals surface area contributed by atoms with Crippen LogP contribution in [0, 0.1) is 13.8 Å². The van der Waals surface area contributed by atoms with Gasteiger partial charge in [0.2, 0.25) is 0 Å². The van der Waals surface area contributed by atoms with Gasteiger partial charge in [0.05, 0.1) is 18.3 Å². The number of β-amino-alcohol motifs (C(OH)–C–C–N with tert-alkyl or cyclic N) is 1. The number of aliphatic hydroxyl groups excluding tert-OH is 1. The number of aryl methyl sites for hydroxylation is 2. The Kier molecular flexibility index (Phi) is 9.81. The first-order valence-electron chi connectivity index (χ1n) is 9.97. The van der Waals surface area contributed by atoms with E-state index in [9.17, 15) is 5.11 Å². The number of aliphatic hydroxyl groups is 1. The molecule has 1 aliphatic heterocycles. The summed E-state index contributed by atoms with van der Waals surface area (Å²) in [5.41, 5.74) is 3.88. The highest BCUT2D eigenvalue weighted by Gasteiger charge is 2.18. The van der Waals surface area contributed by atoms with Gasteiger partial charge in [-0.1, -0.05) is 24.3 Å². The van der Waals surface area contributed by atoms with E-state index in [2.05, 4.69) is 56.7 Å². The van der Waals surface area contributed by atoms with E-state index in [0.717, 1.165) is 42.7 Å². The van der Waals surface area contributed by atoms with Crippen molar-refractivity contribution < 1.29 is 5.11 Å². The SMILES string of the molecule is CCNC(=NCc1nc(C)c(C)s1)NCC(O)CN1CCc2ccccc2C1.I. The number of hydrogen-bond acceptors (Lipinski definition) is 5. The maximum atomic E-state index is 10.5. The summed E-state index contributed by atoms with van der Waals surface area (Å²) in [5.74, 6) is 0.719. The van der Waals surface area contributed by atoms with Crippen LogP contribution in [0.15, 0.2) is 29.3 Å². The van der Waals surface area contributed by atoms with E-state index >= 15 is 0 Å². The van der Waals surface area contributed by atoms with Crippen LogP contribution in [0.5, 0.6) is 0 Å². The molecule has 0 saturated heterocycles. The number of fused-ring (bicyclic) bond motifs is 1. The normalized spacial score (nSPS) is 15.4. The lowest BCUT2D eigenvalue weighted by Crippen LogP contribution is -2.45. The van der Waals surface area contributed by atoms with Crippen LogP contribution in [0.1, 0.15) is 33.6 Å². The third kappa shape index (κ3) is 7.20. The summed E-state index contributed by atoms with van der Waals surface area (Å²) in [6, 6.07) is 8.58. The Balaban J connectivity index is 0.00000300. The fourth-order valence-electron chi connectivity index (χ4n) is 3.38. The monoisotopic (exact) mass is 529 g/mol. The third-order valence-electron chi connectivity index (χ3n) is 4.97. The number of thiazole rings is 1. The highest BCUT2D eigenvalue weighted by atomic mass is 127. The Bertz CT molecular complexity index is 791. The van der Waals surface area contributed by atoms with Crippen LogP contribution < -0.4 is 10.6 Å². The number of nitrogens with zero attached hydrogens (tertiary/aromatic N) is 3. The van der Waals surface area contributed by atoms with Crippen LogP contribution in [0.25, 0.3) is 0 Å². The number of rotatable bonds is 7. The number of aromatic nitrogens is 1. The molecule has 0 aliphatic carbocycles. The van der Waals surface area contributed by atoms with Crippen LogP contribution in [-0.2, 0) is 19.5 Å². The molecule has 6 nitrogen and oxygen atoms in total. The molecule has 0 spiro atoms. The van der Waals surface area contributed by atoms with Crippen molar-refractivity contribution in [2.24, 2.45) is 4.99 Å². The number of nitrogens with one attached hydrogen (secondary N) is 2. The van der Waals surface area contributed by atoms with Crippen molar-refractivity contribution in [3.05, 3.63) is 51.0 Å². The molecule has 1 aliphatic rings. The third-order valence-corrected chi connectivity index (χ3v) is 6.03. The highest BCUT2D eigenvalue weighted by molar-refractivity contribution is 14.0. The standard InChI is InChI=1S/C21H31N5OS.HI/c1-4-22-21(24-12-20-25-15(2)16(3)28-20)23-11-19(27)14-26-10-9-17-7-5-6-8-18(17)13-26;/h5-8,19,27H,4,9-14H2,1-3H3,(H2,22,23,24);1H. The molecule has 3 rings (SSSR count). The average molecular weight is 529 g/mol. The molecule has 160 valence electrons. The van der Waals surface area contributed by atoms with E-state index in [1.807, 2.05) is 13.8 Å². The molecule has 1 aromatic carbocycles. The largest absolute Gasteiger partial charge is 0.390 e. The summed E-state index contributed by atoms with van der Waals surface area (Å²) in [6.45, 7) is 10.5. The van der Waals surface area contributed by atoms with Gasteiger partial charge in [-0.15, -0.1) is 35.3 Å². The van der Waals surface area contributed by atoms with E-state index < -0.39 is 6.10 Å². The van der Waals surface area contributed by atoms with Gasteiger partial charge in [0.25, 0.3) is 0 Å². The van der Waals surface area contributed by atoms with Crippen molar-refractivity contribution >= 4 is 41.3 Å². The Morgan fingerprint density at radius 3 is 2.72 bits per heavy atom. The molecule has 0 bridgehead atoms. The van der Waals surface area contributed by atoms with Crippen LogP contribution in [0.4, 0.5) is 0 Å². The van der Waals surface area contributed by atoms with Gasteiger partial charge in [-0.2, -0.15) is 0 Å². The first-order chi connectivity index (χ1) is 13.5. The number of aliphatic imine (C=N–C) groups is 1. The van der Waals surface area contributed by atoms with Crippen LogP contribution in [0.2, 0.25) is 0 Å². The van der Waals surface area contributed by atoms with Crippen molar-refractivity contribution in [1.29, 1.82) is 0 Å². The van der Waals surface area contributed by atoms with Crippen LogP contribution in [0.3, 0.4) is 0 Å². The molecule has 8 heteroatoms. The molecule has 2 heterocycles. The van der Waals surface area contributed by atoms with Crippen molar-refractivity contribution in [2.75, 3.05) is 26.2 Å². The summed E-state index contributed by atoms with van der Waals surface area (Å²) in [7, 11) is 0. The molecule has 0 amide bonds. The Morgan fingerprint density at radius 1 is 1.28 bits per heavy atom. The molecule has 1 atom stereocenters. The Labute approximate surface area is 194 Å². The number of hydrogen-bond donors (Lipinski definition) is 3. The lowest BCUT2D eigenvalue weighted by molar-refractivity contribution is 0.108. The second-order valence-electron chi connectivity index (χ2n) is 7.23. The van der Waals surface area contributed by atoms with Gasteiger partial charge in [0.15, 0.2) is 5.96 Å². The Morgan fingerprint density at radius 2 is 2.03 bits per heavy atom. The summed E-state index contributed by atoms with van der Waals surface area (Å²) in [4.78, 5) is 12.7. The minimum absolute atomic E-state index is 0. The lowest BCUT2D eigenvalue weighted by Gasteiger charge is -2.30. The zero-order valence-corrected chi connectivity index (χ0v) is 20.6. The highest BCUT2D eigenvalue weighted by Crippen LogP contribution is 2.18. The van der Waals surface area contributed by atoms with Gasteiger partial charge in [0.1, 0.15) is 5.01 Å². The molecule has 0 fully saturated rings. The van der Waals surface area contributed by atoms with Gasteiger partial charge >= 0.3 is 0 Å². The molecular formula is C21H32IN5OS. The van der Waals surface area contributed by atoms with E-state index in [1.165, 1.54) is 16.0 Å². The molecule has 2 aromatic rings. The lowest BCUT2D eigenvalue weighted by atomic mass is 10.00. The summed E-state index contributed by atoms with van der Waals surface area (Å²) in [5, 5.41) is 18.0. The molecular weight excluding hydrogens is 497 g/mol. The van der Waals surface area contributed by atoms with Crippen LogP contribution >= 0.6 is 35.3 Å². The van der Waals surface area contributed by atoms with Crippen molar-refractivity contribution in [2.45, 2.75) is 46.4 Å². The quantitative estimate of drug-likeness (QED) is 0.293. The van der Waals surface area contributed by atoms with Gasteiger partial charge < -0.3 is 15.7 Å². The zero-order chi connectivity index (χ0) is 19.9. The molecule has 0 saturated carbocycles. The van der Waals surface area contributed by atoms with Gasteiger partial charge in [0, 0.05) is 37.6 Å². The molecule has 1 aromatic heterocycles. The number of guanidine groups is 1. The van der Waals surface area contributed by atoms with E-state index in [-0.39, 0.29) is 24.0 Å². The molecule has 3 N–H and O–H groups in total. The molecule has 1 unspecified atom stereocenters. The number of benzene rings is 1. The van der Waals surface area contributed by atoms with Gasteiger partial charge in [-0.05, 0) is 38.3 Å². The summed E-state index contributed by atoms with van der Waals surface area (Å²) in [6.07, 6.45) is 0.603. The molecule has 29 heavy (non-hydrogen) atoms. The topological polar surface area (TPSA) is 72.8 Å². The predicted molar refractivity (Wildman–Crippen MR) is 131 cm³/mol. The average Bonchev–Trinajstić information content (AvgIpc) is 3.01.